The van der Waals surface area contributed by atoms with E-state index < -0.39 is 5.97 Å². The minimum absolute atomic E-state index is 0.224. The summed E-state index contributed by atoms with van der Waals surface area (Å²) in [6.45, 7) is 5.86. The van der Waals surface area contributed by atoms with Gasteiger partial charge in [0.15, 0.2) is 0 Å². The van der Waals surface area contributed by atoms with Crippen LogP contribution in [0.5, 0.6) is 0 Å². The predicted octanol–water partition coefficient (Wildman–Crippen LogP) is 4.43. The molecule has 1 amide bonds. The van der Waals surface area contributed by atoms with Crippen LogP contribution in [0, 0.1) is 6.92 Å². The van der Waals surface area contributed by atoms with Crippen molar-refractivity contribution in [1.29, 1.82) is 0 Å². The molecule has 0 spiro atoms. The number of hydrogen-bond acceptors (Lipinski definition) is 3. The molecule has 0 bridgehead atoms. The number of carbonyl (C=O) groups is 2. The maximum atomic E-state index is 13.2. The van der Waals surface area contributed by atoms with Gasteiger partial charge >= 0.3 is 5.97 Å². The second-order valence-corrected chi connectivity index (χ2v) is 6.58. The number of esters is 1. The summed E-state index contributed by atoms with van der Waals surface area (Å²) in [4.78, 5) is 27.2. The highest BCUT2D eigenvalue weighted by molar-refractivity contribution is 6.23. The number of methoxy groups -OCH3 is 1. The maximum Gasteiger partial charge on any atom is 0.340 e. The van der Waals surface area contributed by atoms with Crippen molar-refractivity contribution in [2.24, 2.45) is 0 Å². The monoisotopic (exact) mass is 361 g/mol. The molecule has 138 valence electrons. The summed E-state index contributed by atoms with van der Waals surface area (Å²) in [6.07, 6.45) is 2.67. The van der Waals surface area contributed by atoms with Gasteiger partial charge in [0, 0.05) is 11.4 Å². The fourth-order valence-corrected chi connectivity index (χ4v) is 3.20. The zero-order valence-corrected chi connectivity index (χ0v) is 16.1. The average Bonchev–Trinajstić information content (AvgIpc) is 2.93. The number of nitrogens with zero attached hydrogens (tertiary/aromatic N) is 1. The fraction of sp³-hybridized carbons (Fsp3) is 0.217. The Morgan fingerprint density at radius 1 is 1.04 bits per heavy atom. The zero-order valence-electron chi connectivity index (χ0n) is 16.1. The lowest BCUT2D eigenvalue weighted by atomic mass is 10.0. The maximum absolute atomic E-state index is 13.2. The molecule has 4 nitrogen and oxygen atoms in total. The fourth-order valence-electron chi connectivity index (χ4n) is 3.20. The Morgan fingerprint density at radius 3 is 2.22 bits per heavy atom. The molecule has 0 saturated heterocycles. The van der Waals surface area contributed by atoms with Crippen LogP contribution >= 0.6 is 0 Å². The lowest BCUT2D eigenvalue weighted by molar-refractivity contribution is -0.136. The topological polar surface area (TPSA) is 46.6 Å². The summed E-state index contributed by atoms with van der Waals surface area (Å²) in [5.41, 5.74) is 5.16. The molecule has 0 N–H and O–H groups in total. The molecule has 3 rings (SSSR count). The largest absolute Gasteiger partial charge is 0.465 e. The minimum atomic E-state index is -0.508. The SMILES string of the molecule is CCc1ccc(N2C(=O)/C(=C\c3ccc(C)cc3)C(C(=O)OC)=C2C)cc1. The Hall–Kier alpha value is -3.14. The molecular formula is C23H23NO3. The Morgan fingerprint density at radius 2 is 1.67 bits per heavy atom. The molecule has 27 heavy (non-hydrogen) atoms. The van der Waals surface area contributed by atoms with Gasteiger partial charge in [-0.2, -0.15) is 0 Å². The normalized spacial score (nSPS) is 15.6. The molecule has 0 unspecified atom stereocenters. The van der Waals surface area contributed by atoms with Gasteiger partial charge in [-0.1, -0.05) is 48.9 Å². The molecule has 2 aromatic rings. The van der Waals surface area contributed by atoms with Gasteiger partial charge in [0.05, 0.1) is 18.3 Å². The first-order valence-electron chi connectivity index (χ1n) is 8.97. The summed E-state index contributed by atoms with van der Waals surface area (Å²) >= 11 is 0. The van der Waals surface area contributed by atoms with Gasteiger partial charge in [-0.05, 0) is 49.6 Å². The standard InChI is InChI=1S/C23H23NO3/c1-5-17-10-12-19(13-11-17)24-16(3)21(23(26)27-4)20(22(24)25)14-18-8-6-15(2)7-9-18/h6-14H,5H2,1-4H3/b20-14-. The second kappa shape index (κ2) is 7.62. The van der Waals surface area contributed by atoms with Crippen molar-refractivity contribution >= 4 is 23.6 Å². The van der Waals surface area contributed by atoms with E-state index in [1.165, 1.54) is 12.7 Å². The molecule has 2 aromatic carbocycles. The van der Waals surface area contributed by atoms with Crippen LogP contribution in [0.3, 0.4) is 0 Å². The molecule has 0 saturated carbocycles. The van der Waals surface area contributed by atoms with Crippen LogP contribution in [0.4, 0.5) is 5.69 Å². The highest BCUT2D eigenvalue weighted by Crippen LogP contribution is 2.35. The minimum Gasteiger partial charge on any atom is -0.465 e. The number of benzene rings is 2. The second-order valence-electron chi connectivity index (χ2n) is 6.58. The highest BCUT2D eigenvalue weighted by atomic mass is 16.5. The summed E-state index contributed by atoms with van der Waals surface area (Å²) in [7, 11) is 1.33. The predicted molar refractivity (Wildman–Crippen MR) is 107 cm³/mol. The van der Waals surface area contributed by atoms with Gasteiger partial charge in [0.25, 0.3) is 5.91 Å². The van der Waals surface area contributed by atoms with Crippen molar-refractivity contribution in [3.63, 3.8) is 0 Å². The number of allylic oxidation sites excluding steroid dienone is 1. The number of rotatable bonds is 4. The van der Waals surface area contributed by atoms with Crippen LogP contribution in [-0.4, -0.2) is 19.0 Å². The number of anilines is 1. The third-order valence-electron chi connectivity index (χ3n) is 4.78. The lowest BCUT2D eigenvalue weighted by Gasteiger charge is -2.18. The van der Waals surface area contributed by atoms with Crippen LogP contribution < -0.4 is 4.90 Å². The third-order valence-corrected chi connectivity index (χ3v) is 4.78. The van der Waals surface area contributed by atoms with E-state index in [0.29, 0.717) is 16.8 Å². The van der Waals surface area contributed by atoms with Gasteiger partial charge < -0.3 is 4.74 Å². The molecule has 0 fully saturated rings. The zero-order chi connectivity index (χ0) is 19.6. The van der Waals surface area contributed by atoms with E-state index in [0.717, 1.165) is 23.2 Å². The van der Waals surface area contributed by atoms with Crippen molar-refractivity contribution in [1.82, 2.24) is 0 Å². The van der Waals surface area contributed by atoms with Crippen molar-refractivity contribution in [2.45, 2.75) is 27.2 Å². The number of aryl methyl sites for hydroxylation is 2. The molecule has 0 aromatic heterocycles. The Labute approximate surface area is 159 Å². The van der Waals surface area contributed by atoms with E-state index in [2.05, 4.69) is 6.92 Å². The van der Waals surface area contributed by atoms with E-state index in [4.69, 9.17) is 4.74 Å². The number of hydrogen-bond donors (Lipinski definition) is 0. The molecule has 0 atom stereocenters. The van der Waals surface area contributed by atoms with Crippen molar-refractivity contribution in [3.8, 4) is 0 Å². The molecule has 1 heterocycles. The van der Waals surface area contributed by atoms with Gasteiger partial charge in [-0.25, -0.2) is 4.79 Å². The number of amides is 1. The van der Waals surface area contributed by atoms with Crippen LogP contribution in [0.1, 0.15) is 30.5 Å². The smallest absolute Gasteiger partial charge is 0.340 e. The number of ether oxygens (including phenoxy) is 1. The summed E-state index contributed by atoms with van der Waals surface area (Å²) in [5.74, 6) is -0.732. The molecular weight excluding hydrogens is 338 g/mol. The molecule has 1 aliphatic rings. The van der Waals surface area contributed by atoms with Crippen molar-refractivity contribution in [2.75, 3.05) is 12.0 Å². The summed E-state index contributed by atoms with van der Waals surface area (Å²) in [6, 6.07) is 15.6. The van der Waals surface area contributed by atoms with Gasteiger partial charge in [0.1, 0.15) is 0 Å². The first-order chi connectivity index (χ1) is 13.0. The van der Waals surface area contributed by atoms with Gasteiger partial charge in [0.2, 0.25) is 0 Å². The Balaban J connectivity index is 2.09. The average molecular weight is 361 g/mol. The van der Waals surface area contributed by atoms with Gasteiger partial charge in [-0.3, -0.25) is 9.69 Å². The van der Waals surface area contributed by atoms with E-state index in [1.54, 1.807) is 17.9 Å². The molecule has 4 heteroatoms. The Bertz CT molecular complexity index is 935. The van der Waals surface area contributed by atoms with E-state index in [1.807, 2.05) is 55.5 Å². The van der Waals surface area contributed by atoms with Crippen LogP contribution in [0.25, 0.3) is 6.08 Å². The molecule has 0 aliphatic carbocycles. The highest BCUT2D eigenvalue weighted by Gasteiger charge is 2.37. The first kappa shape index (κ1) is 18.6. The van der Waals surface area contributed by atoms with Gasteiger partial charge in [-0.15, -0.1) is 0 Å². The van der Waals surface area contributed by atoms with E-state index in [9.17, 15) is 9.59 Å². The first-order valence-corrected chi connectivity index (χ1v) is 8.97. The van der Waals surface area contributed by atoms with E-state index >= 15 is 0 Å². The van der Waals surface area contributed by atoms with Crippen molar-refractivity contribution < 1.29 is 14.3 Å². The number of carbonyl (C=O) groups excluding carboxylic acids is 2. The third kappa shape index (κ3) is 3.56. The van der Waals surface area contributed by atoms with Crippen LogP contribution in [0.2, 0.25) is 0 Å². The summed E-state index contributed by atoms with van der Waals surface area (Å²) in [5, 5.41) is 0. The van der Waals surface area contributed by atoms with Crippen LogP contribution in [0.15, 0.2) is 65.4 Å². The van der Waals surface area contributed by atoms with Crippen LogP contribution in [-0.2, 0) is 20.7 Å². The van der Waals surface area contributed by atoms with Crippen molar-refractivity contribution in [3.05, 3.63) is 82.1 Å². The Kier molecular flexibility index (Phi) is 5.26. The lowest BCUT2D eigenvalue weighted by Crippen LogP contribution is -2.24. The molecule has 1 aliphatic heterocycles. The quantitative estimate of drug-likeness (QED) is 0.598. The van der Waals surface area contributed by atoms with E-state index in [-0.39, 0.29) is 5.91 Å². The molecule has 0 radical (unpaired) electrons. The summed E-state index contributed by atoms with van der Waals surface area (Å²) < 4.78 is 4.94.